The van der Waals surface area contributed by atoms with Gasteiger partial charge in [0.05, 0.1) is 5.02 Å². The van der Waals surface area contributed by atoms with Crippen LogP contribution >= 0.6 is 23.2 Å². The first-order valence-corrected chi connectivity index (χ1v) is 6.31. The van der Waals surface area contributed by atoms with Gasteiger partial charge >= 0.3 is 0 Å². The summed E-state index contributed by atoms with van der Waals surface area (Å²) >= 11 is 11.9. The standard InChI is InChI=1S/C13H11Cl2FN2O/c1-8(19-18-11-4-2-3-7-17-11)12-9(14)5-6-10(16)13(12)15/h2-8H,1H3,(H,17,18). The molecular formula is C13H11Cl2FN2O. The summed E-state index contributed by atoms with van der Waals surface area (Å²) in [6.07, 6.45) is 1.09. The van der Waals surface area contributed by atoms with Crippen molar-refractivity contribution in [3.8, 4) is 0 Å². The lowest BCUT2D eigenvalue weighted by Crippen LogP contribution is -2.09. The molecule has 1 aromatic heterocycles. The van der Waals surface area contributed by atoms with Gasteiger partial charge < -0.3 is 0 Å². The number of benzene rings is 1. The Hall–Kier alpha value is -1.36. The van der Waals surface area contributed by atoms with Crippen molar-refractivity contribution in [2.45, 2.75) is 13.0 Å². The van der Waals surface area contributed by atoms with E-state index in [0.29, 0.717) is 16.4 Å². The van der Waals surface area contributed by atoms with Crippen molar-refractivity contribution in [2.24, 2.45) is 0 Å². The second-order valence-electron chi connectivity index (χ2n) is 3.83. The molecule has 0 spiro atoms. The molecule has 0 radical (unpaired) electrons. The van der Waals surface area contributed by atoms with Gasteiger partial charge in [-0.25, -0.2) is 14.9 Å². The van der Waals surface area contributed by atoms with Gasteiger partial charge in [0.2, 0.25) is 0 Å². The summed E-state index contributed by atoms with van der Waals surface area (Å²) in [6, 6.07) is 7.99. The molecule has 0 fully saturated rings. The van der Waals surface area contributed by atoms with Gasteiger partial charge in [-0.05, 0) is 31.2 Å². The average Bonchev–Trinajstić information content (AvgIpc) is 2.42. The fourth-order valence-electron chi connectivity index (χ4n) is 1.55. The van der Waals surface area contributed by atoms with E-state index in [1.165, 1.54) is 12.1 Å². The molecule has 1 N–H and O–H groups in total. The van der Waals surface area contributed by atoms with E-state index in [1.54, 1.807) is 25.3 Å². The molecule has 0 amide bonds. The number of hydrogen-bond acceptors (Lipinski definition) is 3. The first-order valence-electron chi connectivity index (χ1n) is 5.55. The van der Waals surface area contributed by atoms with Gasteiger partial charge in [0.25, 0.3) is 0 Å². The molecule has 1 heterocycles. The molecule has 19 heavy (non-hydrogen) atoms. The van der Waals surface area contributed by atoms with Crippen LogP contribution in [-0.2, 0) is 4.84 Å². The van der Waals surface area contributed by atoms with E-state index in [1.807, 2.05) is 6.07 Å². The fraction of sp³-hybridized carbons (Fsp3) is 0.154. The lowest BCUT2D eigenvalue weighted by atomic mass is 10.1. The Bertz CT molecular complexity index is 566. The van der Waals surface area contributed by atoms with E-state index in [9.17, 15) is 4.39 Å². The highest BCUT2D eigenvalue weighted by Gasteiger charge is 2.18. The minimum atomic E-state index is -0.533. The van der Waals surface area contributed by atoms with Crippen LogP contribution < -0.4 is 5.48 Å². The molecule has 0 saturated carbocycles. The maximum absolute atomic E-state index is 13.4. The van der Waals surface area contributed by atoms with Gasteiger partial charge in [-0.2, -0.15) is 0 Å². The third-order valence-corrected chi connectivity index (χ3v) is 3.20. The lowest BCUT2D eigenvalue weighted by molar-refractivity contribution is 0.115. The Kier molecular flexibility index (Phi) is 4.58. The highest BCUT2D eigenvalue weighted by molar-refractivity contribution is 6.36. The van der Waals surface area contributed by atoms with Gasteiger partial charge in [0.15, 0.2) is 0 Å². The molecule has 0 saturated heterocycles. The highest BCUT2D eigenvalue weighted by atomic mass is 35.5. The molecule has 6 heteroatoms. The summed E-state index contributed by atoms with van der Waals surface area (Å²) < 4.78 is 13.4. The SMILES string of the molecule is CC(ONc1ccccn1)c1c(Cl)ccc(F)c1Cl. The number of aromatic nitrogens is 1. The zero-order chi connectivity index (χ0) is 13.8. The Morgan fingerprint density at radius 2 is 2.05 bits per heavy atom. The van der Waals surface area contributed by atoms with E-state index in [-0.39, 0.29) is 5.02 Å². The van der Waals surface area contributed by atoms with E-state index < -0.39 is 11.9 Å². The summed E-state index contributed by atoms with van der Waals surface area (Å²) in [5.41, 5.74) is 3.06. The van der Waals surface area contributed by atoms with Crippen LogP contribution in [0.4, 0.5) is 10.2 Å². The first-order chi connectivity index (χ1) is 9.09. The first kappa shape index (κ1) is 14.1. The van der Waals surface area contributed by atoms with Crippen LogP contribution in [0, 0.1) is 5.82 Å². The molecule has 100 valence electrons. The normalized spacial score (nSPS) is 12.2. The molecule has 2 rings (SSSR count). The molecule has 2 aromatic rings. The maximum atomic E-state index is 13.4. The van der Waals surface area contributed by atoms with Crippen molar-refractivity contribution in [3.05, 3.63) is 58.0 Å². The highest BCUT2D eigenvalue weighted by Crippen LogP contribution is 2.33. The number of nitrogens with zero attached hydrogens (tertiary/aromatic N) is 1. The molecule has 0 bridgehead atoms. The van der Waals surface area contributed by atoms with Crippen LogP contribution in [-0.4, -0.2) is 4.98 Å². The number of anilines is 1. The quantitative estimate of drug-likeness (QED) is 0.660. The number of hydrogen-bond donors (Lipinski definition) is 1. The average molecular weight is 301 g/mol. The Morgan fingerprint density at radius 3 is 2.74 bits per heavy atom. The number of rotatable bonds is 4. The molecule has 1 unspecified atom stereocenters. The Balaban J connectivity index is 2.12. The zero-order valence-electron chi connectivity index (χ0n) is 10.0. The summed E-state index contributed by atoms with van der Waals surface area (Å²) in [6.45, 7) is 1.71. The van der Waals surface area contributed by atoms with Gasteiger partial charge in [-0.3, -0.25) is 4.84 Å². The Morgan fingerprint density at radius 1 is 1.26 bits per heavy atom. The van der Waals surface area contributed by atoms with Crippen molar-refractivity contribution < 1.29 is 9.23 Å². The maximum Gasteiger partial charge on any atom is 0.149 e. The van der Waals surface area contributed by atoms with Crippen LogP contribution in [0.1, 0.15) is 18.6 Å². The van der Waals surface area contributed by atoms with Crippen LogP contribution in [0.3, 0.4) is 0 Å². The topological polar surface area (TPSA) is 34.1 Å². The monoisotopic (exact) mass is 300 g/mol. The summed E-state index contributed by atoms with van der Waals surface area (Å²) in [5, 5.41) is 0.310. The third-order valence-electron chi connectivity index (χ3n) is 2.49. The molecule has 0 aliphatic rings. The number of pyridine rings is 1. The smallest absolute Gasteiger partial charge is 0.149 e. The van der Waals surface area contributed by atoms with Gasteiger partial charge in [-0.1, -0.05) is 29.3 Å². The molecular weight excluding hydrogens is 290 g/mol. The fourth-order valence-corrected chi connectivity index (χ4v) is 2.22. The lowest BCUT2D eigenvalue weighted by Gasteiger charge is -2.16. The largest absolute Gasteiger partial charge is 0.267 e. The minimum absolute atomic E-state index is 0.0391. The third kappa shape index (κ3) is 3.35. The van der Waals surface area contributed by atoms with E-state index in [2.05, 4.69) is 10.5 Å². The second-order valence-corrected chi connectivity index (χ2v) is 4.62. The van der Waals surface area contributed by atoms with Crippen LogP contribution in [0.5, 0.6) is 0 Å². The predicted octanol–water partition coefficient (Wildman–Crippen LogP) is 4.63. The van der Waals surface area contributed by atoms with Crippen molar-refractivity contribution in [1.29, 1.82) is 0 Å². The number of nitrogens with one attached hydrogen (secondary N) is 1. The second kappa shape index (κ2) is 6.19. The molecule has 1 aromatic carbocycles. The molecule has 3 nitrogen and oxygen atoms in total. The summed E-state index contributed by atoms with van der Waals surface area (Å²) in [5.74, 6) is 0.00681. The number of halogens is 3. The Labute approximate surface area is 120 Å². The molecule has 0 aliphatic heterocycles. The molecule has 0 aliphatic carbocycles. The molecule has 1 atom stereocenters. The van der Waals surface area contributed by atoms with Crippen LogP contribution in [0.15, 0.2) is 36.5 Å². The summed E-state index contributed by atoms with van der Waals surface area (Å²) in [4.78, 5) is 9.41. The van der Waals surface area contributed by atoms with Gasteiger partial charge in [0, 0.05) is 16.8 Å². The van der Waals surface area contributed by atoms with Gasteiger partial charge in [-0.15, -0.1) is 0 Å². The van der Waals surface area contributed by atoms with Crippen molar-refractivity contribution in [1.82, 2.24) is 4.98 Å². The van der Waals surface area contributed by atoms with Crippen LogP contribution in [0.25, 0.3) is 0 Å². The van der Waals surface area contributed by atoms with E-state index >= 15 is 0 Å². The summed E-state index contributed by atoms with van der Waals surface area (Å²) in [7, 11) is 0. The van der Waals surface area contributed by atoms with Gasteiger partial charge in [0.1, 0.15) is 17.7 Å². The zero-order valence-corrected chi connectivity index (χ0v) is 11.5. The van der Waals surface area contributed by atoms with Crippen molar-refractivity contribution in [2.75, 3.05) is 5.48 Å². The predicted molar refractivity (Wildman–Crippen MR) is 73.8 cm³/mol. The van der Waals surface area contributed by atoms with Crippen molar-refractivity contribution >= 4 is 29.0 Å². The van der Waals surface area contributed by atoms with Crippen LogP contribution in [0.2, 0.25) is 10.0 Å². The van der Waals surface area contributed by atoms with E-state index in [4.69, 9.17) is 28.0 Å². The van der Waals surface area contributed by atoms with Crippen molar-refractivity contribution in [3.63, 3.8) is 0 Å². The minimum Gasteiger partial charge on any atom is -0.267 e. The van der Waals surface area contributed by atoms with E-state index in [0.717, 1.165) is 0 Å².